The molecule has 1 atom stereocenters. The molecule has 1 aromatic heterocycles. The maximum absolute atomic E-state index is 12.2. The van der Waals surface area contributed by atoms with Gasteiger partial charge in [-0.1, -0.05) is 30.3 Å². The predicted molar refractivity (Wildman–Crippen MR) is 81.3 cm³/mol. The Kier molecular flexibility index (Phi) is 3.55. The van der Waals surface area contributed by atoms with Gasteiger partial charge in [0.25, 0.3) is 5.91 Å². The lowest BCUT2D eigenvalue weighted by Crippen LogP contribution is -2.30. The van der Waals surface area contributed by atoms with Crippen LogP contribution >= 0.6 is 0 Å². The van der Waals surface area contributed by atoms with Gasteiger partial charge in [0.05, 0.1) is 5.52 Å². The number of rotatable bonds is 4. The first kappa shape index (κ1) is 13.2. The molecule has 1 amide bonds. The number of H-pyrrole nitrogens is 1. The third-order valence-corrected chi connectivity index (χ3v) is 3.14. The van der Waals surface area contributed by atoms with Crippen molar-refractivity contribution in [2.24, 2.45) is 0 Å². The first-order valence-corrected chi connectivity index (χ1v) is 6.70. The molecule has 1 heterocycles. The van der Waals surface area contributed by atoms with Crippen LogP contribution in [0.5, 0.6) is 5.75 Å². The van der Waals surface area contributed by atoms with Gasteiger partial charge in [-0.05, 0) is 31.2 Å². The molecule has 5 heteroatoms. The Hall–Kier alpha value is -2.82. The Bertz CT molecular complexity index is 752. The second-order valence-corrected chi connectivity index (χ2v) is 4.68. The maximum atomic E-state index is 12.2. The summed E-state index contributed by atoms with van der Waals surface area (Å²) >= 11 is 0. The number of nitrogens with one attached hydrogen (secondary N) is 2. The summed E-state index contributed by atoms with van der Waals surface area (Å²) in [4.78, 5) is 12.2. The molecule has 3 rings (SSSR count). The minimum Gasteiger partial charge on any atom is -0.481 e. The van der Waals surface area contributed by atoms with Crippen LogP contribution in [0, 0.1) is 0 Å². The molecule has 2 aromatic carbocycles. The number of anilines is 1. The molecule has 0 saturated heterocycles. The van der Waals surface area contributed by atoms with Gasteiger partial charge in [0.15, 0.2) is 11.9 Å². The fourth-order valence-electron chi connectivity index (χ4n) is 2.03. The number of amides is 1. The van der Waals surface area contributed by atoms with Gasteiger partial charge in [-0.25, -0.2) is 0 Å². The Labute approximate surface area is 121 Å². The molecule has 0 radical (unpaired) electrons. The standard InChI is InChI=1S/C16H15N3O2/c1-11(21-12-7-3-2-4-8-12)16(20)17-15-13-9-5-6-10-14(13)18-19-15/h2-11H,1H3,(H2,17,18,19,20). The molecular formula is C16H15N3O2. The molecule has 3 aromatic rings. The maximum Gasteiger partial charge on any atom is 0.266 e. The van der Waals surface area contributed by atoms with Crippen LogP contribution in [0.25, 0.3) is 10.9 Å². The van der Waals surface area contributed by atoms with E-state index in [1.54, 1.807) is 6.92 Å². The van der Waals surface area contributed by atoms with Crippen LogP contribution < -0.4 is 10.1 Å². The van der Waals surface area contributed by atoms with Crippen molar-refractivity contribution < 1.29 is 9.53 Å². The molecule has 0 aliphatic carbocycles. The fourth-order valence-corrected chi connectivity index (χ4v) is 2.03. The second-order valence-electron chi connectivity index (χ2n) is 4.68. The van der Waals surface area contributed by atoms with Crippen molar-refractivity contribution in [2.75, 3.05) is 5.32 Å². The van der Waals surface area contributed by atoms with E-state index in [4.69, 9.17) is 4.74 Å². The van der Waals surface area contributed by atoms with Gasteiger partial charge in [-0.2, -0.15) is 5.10 Å². The Balaban J connectivity index is 1.71. The average molecular weight is 281 g/mol. The number of hydrogen-bond acceptors (Lipinski definition) is 3. The molecule has 106 valence electrons. The van der Waals surface area contributed by atoms with Crippen LogP contribution in [0.3, 0.4) is 0 Å². The molecule has 0 aliphatic rings. The van der Waals surface area contributed by atoms with Crippen molar-refractivity contribution in [1.82, 2.24) is 10.2 Å². The van der Waals surface area contributed by atoms with E-state index in [0.717, 1.165) is 10.9 Å². The van der Waals surface area contributed by atoms with Crippen molar-refractivity contribution in [3.63, 3.8) is 0 Å². The summed E-state index contributed by atoms with van der Waals surface area (Å²) < 4.78 is 5.59. The molecule has 0 aliphatic heterocycles. The van der Waals surface area contributed by atoms with E-state index in [9.17, 15) is 4.79 Å². The van der Waals surface area contributed by atoms with Crippen molar-refractivity contribution in [3.05, 3.63) is 54.6 Å². The Morgan fingerprint density at radius 2 is 1.86 bits per heavy atom. The fraction of sp³-hybridized carbons (Fsp3) is 0.125. The summed E-state index contributed by atoms with van der Waals surface area (Å²) in [5.41, 5.74) is 0.879. The number of aromatic nitrogens is 2. The zero-order chi connectivity index (χ0) is 14.7. The Morgan fingerprint density at radius 1 is 1.14 bits per heavy atom. The highest BCUT2D eigenvalue weighted by molar-refractivity contribution is 6.01. The van der Waals surface area contributed by atoms with Gasteiger partial charge in [-0.15, -0.1) is 0 Å². The van der Waals surface area contributed by atoms with Gasteiger partial charge in [-0.3, -0.25) is 9.89 Å². The number of fused-ring (bicyclic) bond motifs is 1. The number of hydrogen-bond donors (Lipinski definition) is 2. The summed E-state index contributed by atoms with van der Waals surface area (Å²) in [5.74, 6) is 0.933. The third-order valence-electron chi connectivity index (χ3n) is 3.14. The number of ether oxygens (including phenoxy) is 1. The molecule has 0 saturated carbocycles. The number of benzene rings is 2. The van der Waals surface area contributed by atoms with Gasteiger partial charge >= 0.3 is 0 Å². The number of carbonyl (C=O) groups is 1. The number of para-hydroxylation sites is 2. The lowest BCUT2D eigenvalue weighted by molar-refractivity contribution is -0.122. The molecule has 1 unspecified atom stereocenters. The van der Waals surface area contributed by atoms with Crippen LogP contribution in [0.1, 0.15) is 6.92 Å². The molecular weight excluding hydrogens is 266 g/mol. The summed E-state index contributed by atoms with van der Waals surface area (Å²) in [6.45, 7) is 1.71. The van der Waals surface area contributed by atoms with Gasteiger partial charge in [0.2, 0.25) is 0 Å². The van der Waals surface area contributed by atoms with E-state index in [1.807, 2.05) is 54.6 Å². The van der Waals surface area contributed by atoms with E-state index in [2.05, 4.69) is 15.5 Å². The Morgan fingerprint density at radius 3 is 2.67 bits per heavy atom. The zero-order valence-electron chi connectivity index (χ0n) is 11.5. The van der Waals surface area contributed by atoms with Gasteiger partial charge < -0.3 is 10.1 Å². The van der Waals surface area contributed by atoms with E-state index in [-0.39, 0.29) is 5.91 Å². The third kappa shape index (κ3) is 2.86. The van der Waals surface area contributed by atoms with Gasteiger partial charge in [0, 0.05) is 5.39 Å². The predicted octanol–water partition coefficient (Wildman–Crippen LogP) is 2.97. The lowest BCUT2D eigenvalue weighted by Gasteiger charge is -2.13. The summed E-state index contributed by atoms with van der Waals surface area (Å²) in [6, 6.07) is 16.9. The quantitative estimate of drug-likeness (QED) is 0.772. The zero-order valence-corrected chi connectivity index (χ0v) is 11.5. The van der Waals surface area contributed by atoms with Crippen LogP contribution in [-0.2, 0) is 4.79 Å². The average Bonchev–Trinajstić information content (AvgIpc) is 2.91. The molecule has 0 spiro atoms. The minimum atomic E-state index is -0.608. The number of nitrogens with zero attached hydrogens (tertiary/aromatic N) is 1. The first-order valence-electron chi connectivity index (χ1n) is 6.70. The van der Waals surface area contributed by atoms with Crippen molar-refractivity contribution in [3.8, 4) is 5.75 Å². The van der Waals surface area contributed by atoms with E-state index in [1.165, 1.54) is 0 Å². The SMILES string of the molecule is CC(Oc1ccccc1)C(=O)Nc1n[nH]c2ccccc12. The van der Waals surface area contributed by atoms with Crippen molar-refractivity contribution in [2.45, 2.75) is 13.0 Å². The lowest BCUT2D eigenvalue weighted by atomic mass is 10.2. The van der Waals surface area contributed by atoms with Gasteiger partial charge in [0.1, 0.15) is 5.75 Å². The van der Waals surface area contributed by atoms with E-state index >= 15 is 0 Å². The summed E-state index contributed by atoms with van der Waals surface area (Å²) in [6.07, 6.45) is -0.608. The topological polar surface area (TPSA) is 67.0 Å². The van der Waals surface area contributed by atoms with E-state index < -0.39 is 6.10 Å². The largest absolute Gasteiger partial charge is 0.481 e. The molecule has 0 bridgehead atoms. The number of aromatic amines is 1. The highest BCUT2D eigenvalue weighted by atomic mass is 16.5. The molecule has 0 fully saturated rings. The molecule has 5 nitrogen and oxygen atoms in total. The highest BCUT2D eigenvalue weighted by Gasteiger charge is 2.17. The summed E-state index contributed by atoms with van der Waals surface area (Å²) in [5, 5.41) is 10.6. The van der Waals surface area contributed by atoms with Crippen LogP contribution in [-0.4, -0.2) is 22.2 Å². The highest BCUT2D eigenvalue weighted by Crippen LogP contribution is 2.20. The minimum absolute atomic E-state index is 0.240. The van der Waals surface area contributed by atoms with E-state index in [0.29, 0.717) is 11.6 Å². The first-order chi connectivity index (χ1) is 10.2. The van der Waals surface area contributed by atoms with Crippen molar-refractivity contribution in [1.29, 1.82) is 0 Å². The normalized spacial score (nSPS) is 12.0. The summed E-state index contributed by atoms with van der Waals surface area (Å²) in [7, 11) is 0. The number of carbonyl (C=O) groups excluding carboxylic acids is 1. The monoisotopic (exact) mass is 281 g/mol. The smallest absolute Gasteiger partial charge is 0.266 e. The van der Waals surface area contributed by atoms with Crippen LogP contribution in [0.2, 0.25) is 0 Å². The van der Waals surface area contributed by atoms with Crippen molar-refractivity contribution >= 4 is 22.6 Å². The second kappa shape index (κ2) is 5.66. The molecule has 21 heavy (non-hydrogen) atoms. The van der Waals surface area contributed by atoms with Crippen LogP contribution in [0.15, 0.2) is 54.6 Å². The van der Waals surface area contributed by atoms with Crippen LogP contribution in [0.4, 0.5) is 5.82 Å². The molecule has 2 N–H and O–H groups in total.